The van der Waals surface area contributed by atoms with E-state index < -0.39 is 0 Å². The summed E-state index contributed by atoms with van der Waals surface area (Å²) in [6.07, 6.45) is 2.68. The van der Waals surface area contributed by atoms with Crippen LogP contribution in [-0.2, 0) is 0 Å². The Balaban J connectivity index is 1.96. The molecule has 2 aromatic rings. The maximum atomic E-state index is 12.8. The molecule has 0 saturated heterocycles. The molecule has 0 saturated carbocycles. The first kappa shape index (κ1) is 16.9. The number of anilines is 1. The molecule has 124 valence electrons. The van der Waals surface area contributed by atoms with Crippen molar-refractivity contribution in [2.45, 2.75) is 18.2 Å². The molecule has 1 aliphatic rings. The normalized spacial score (nSPS) is 14.8. The summed E-state index contributed by atoms with van der Waals surface area (Å²) in [5.41, 5.74) is 1.63. The highest BCUT2D eigenvalue weighted by Crippen LogP contribution is 2.46. The fourth-order valence-electron chi connectivity index (χ4n) is 2.68. The number of fused-ring (bicyclic) bond motifs is 1. The van der Waals surface area contributed by atoms with E-state index in [1.807, 2.05) is 12.1 Å². The van der Waals surface area contributed by atoms with Gasteiger partial charge in [-0.3, -0.25) is 4.79 Å². The zero-order chi connectivity index (χ0) is 17.1. The largest absolute Gasteiger partial charge is 0.496 e. The summed E-state index contributed by atoms with van der Waals surface area (Å²) < 4.78 is 5.29. The van der Waals surface area contributed by atoms with E-state index in [9.17, 15) is 4.79 Å². The number of ether oxygens (including phenoxy) is 1. The maximum Gasteiger partial charge on any atom is 0.192 e. The summed E-state index contributed by atoms with van der Waals surface area (Å²) in [6.45, 7) is 3.00. The molecule has 0 unspecified atom stereocenters. The van der Waals surface area contributed by atoms with Gasteiger partial charge >= 0.3 is 0 Å². The van der Waals surface area contributed by atoms with Crippen LogP contribution in [0.25, 0.3) is 0 Å². The first-order chi connectivity index (χ1) is 11.6. The van der Waals surface area contributed by atoms with Gasteiger partial charge in [-0.15, -0.1) is 0 Å². The topological polar surface area (TPSA) is 29.5 Å². The van der Waals surface area contributed by atoms with Gasteiger partial charge in [-0.05, 0) is 36.8 Å². The second-order valence-electron chi connectivity index (χ2n) is 5.41. The maximum absolute atomic E-state index is 12.8. The van der Waals surface area contributed by atoms with Crippen molar-refractivity contribution in [3.05, 3.63) is 64.2 Å². The van der Waals surface area contributed by atoms with E-state index in [0.717, 1.165) is 23.7 Å². The van der Waals surface area contributed by atoms with E-state index in [4.69, 9.17) is 16.3 Å². The number of hydrogen-bond acceptors (Lipinski definition) is 4. The Hall–Kier alpha value is -1.91. The number of nitrogens with zero attached hydrogens (tertiary/aromatic N) is 1. The lowest BCUT2D eigenvalue weighted by Gasteiger charge is -2.19. The number of para-hydroxylation sites is 1. The number of methoxy groups -OCH3 is 1. The van der Waals surface area contributed by atoms with Crippen LogP contribution in [0.5, 0.6) is 5.75 Å². The highest BCUT2D eigenvalue weighted by atomic mass is 35.5. The number of carbonyl (C=O) groups is 1. The minimum atomic E-state index is -0.106. The van der Waals surface area contributed by atoms with Crippen molar-refractivity contribution in [1.82, 2.24) is 0 Å². The molecule has 2 aromatic carbocycles. The Morgan fingerprint density at radius 1 is 1.29 bits per heavy atom. The van der Waals surface area contributed by atoms with Crippen LogP contribution in [0, 0.1) is 0 Å². The van der Waals surface area contributed by atoms with Gasteiger partial charge in [-0.2, -0.15) is 0 Å². The summed E-state index contributed by atoms with van der Waals surface area (Å²) in [6, 6.07) is 13.3. The Morgan fingerprint density at radius 3 is 2.83 bits per heavy atom. The van der Waals surface area contributed by atoms with Crippen LogP contribution in [0.1, 0.15) is 23.7 Å². The number of allylic oxidation sites excluding steroid dienone is 1. The van der Waals surface area contributed by atoms with Crippen molar-refractivity contribution in [2.24, 2.45) is 0 Å². The average molecular weight is 360 g/mol. The number of benzene rings is 2. The number of halogens is 1. The van der Waals surface area contributed by atoms with Crippen molar-refractivity contribution >= 4 is 34.8 Å². The Bertz CT molecular complexity index is 804. The molecular formula is C19H18ClNO2S. The van der Waals surface area contributed by atoms with E-state index >= 15 is 0 Å². The fourth-order valence-corrected chi connectivity index (χ4v) is 3.97. The van der Waals surface area contributed by atoms with Crippen LogP contribution >= 0.6 is 23.4 Å². The molecule has 0 aromatic heterocycles. The molecule has 0 atom stereocenters. The van der Waals surface area contributed by atoms with E-state index in [-0.39, 0.29) is 5.78 Å². The fraction of sp³-hybridized carbons (Fsp3) is 0.211. The van der Waals surface area contributed by atoms with Crippen LogP contribution in [-0.4, -0.2) is 19.4 Å². The molecule has 0 bridgehead atoms. The molecule has 24 heavy (non-hydrogen) atoms. The predicted octanol–water partition coefficient (Wildman–Crippen LogP) is 5.40. The molecule has 3 rings (SSSR count). The van der Waals surface area contributed by atoms with E-state index in [0.29, 0.717) is 16.3 Å². The Kier molecular flexibility index (Phi) is 5.17. The molecule has 0 amide bonds. The zero-order valence-electron chi connectivity index (χ0n) is 13.6. The van der Waals surface area contributed by atoms with Crippen LogP contribution < -0.4 is 9.64 Å². The molecule has 0 fully saturated rings. The van der Waals surface area contributed by atoms with Crippen LogP contribution in [0.4, 0.5) is 5.69 Å². The van der Waals surface area contributed by atoms with Gasteiger partial charge in [0.05, 0.1) is 23.4 Å². The molecule has 1 heterocycles. The quantitative estimate of drug-likeness (QED) is 0.528. The highest BCUT2D eigenvalue weighted by molar-refractivity contribution is 8.03. The van der Waals surface area contributed by atoms with Crippen molar-refractivity contribution in [1.29, 1.82) is 0 Å². The molecule has 0 spiro atoms. The van der Waals surface area contributed by atoms with Gasteiger partial charge in [-0.25, -0.2) is 0 Å². The average Bonchev–Trinajstić information content (AvgIpc) is 2.93. The molecule has 5 heteroatoms. The third-order valence-corrected chi connectivity index (χ3v) is 5.11. The van der Waals surface area contributed by atoms with Crippen LogP contribution in [0.3, 0.4) is 0 Å². The van der Waals surface area contributed by atoms with Crippen molar-refractivity contribution in [3.63, 3.8) is 0 Å². The summed E-state index contributed by atoms with van der Waals surface area (Å²) in [5.74, 6) is 0.426. The van der Waals surface area contributed by atoms with Gasteiger partial charge in [0.1, 0.15) is 5.75 Å². The SMILES string of the molecule is CCCN1/C(=C/C(=O)c2cc(Cl)ccc2OC)Sc2ccccc21. The number of ketones is 1. The summed E-state index contributed by atoms with van der Waals surface area (Å²) in [4.78, 5) is 16.1. The van der Waals surface area contributed by atoms with E-state index in [1.54, 1.807) is 43.1 Å². The van der Waals surface area contributed by atoms with Gasteiger partial charge in [0, 0.05) is 22.5 Å². The third kappa shape index (κ3) is 3.30. The monoisotopic (exact) mass is 359 g/mol. The van der Waals surface area contributed by atoms with Gasteiger partial charge in [0.15, 0.2) is 5.78 Å². The second-order valence-corrected chi connectivity index (χ2v) is 6.91. The van der Waals surface area contributed by atoms with Crippen molar-refractivity contribution in [3.8, 4) is 5.75 Å². The first-order valence-corrected chi connectivity index (χ1v) is 8.97. The Labute approximate surface area is 151 Å². The Morgan fingerprint density at radius 2 is 2.08 bits per heavy atom. The molecule has 0 N–H and O–H groups in total. The van der Waals surface area contributed by atoms with E-state index in [1.165, 1.54) is 4.90 Å². The van der Waals surface area contributed by atoms with E-state index in [2.05, 4.69) is 24.0 Å². The zero-order valence-corrected chi connectivity index (χ0v) is 15.2. The van der Waals surface area contributed by atoms with Gasteiger partial charge in [0.25, 0.3) is 0 Å². The number of thioether (sulfide) groups is 1. The first-order valence-electron chi connectivity index (χ1n) is 7.78. The minimum Gasteiger partial charge on any atom is -0.496 e. The molecule has 3 nitrogen and oxygen atoms in total. The smallest absolute Gasteiger partial charge is 0.192 e. The van der Waals surface area contributed by atoms with Crippen LogP contribution in [0.15, 0.2) is 58.5 Å². The number of carbonyl (C=O) groups excluding carboxylic acids is 1. The van der Waals surface area contributed by atoms with Crippen molar-refractivity contribution < 1.29 is 9.53 Å². The van der Waals surface area contributed by atoms with Gasteiger partial charge < -0.3 is 9.64 Å². The lowest BCUT2D eigenvalue weighted by molar-refractivity contribution is 0.104. The third-order valence-electron chi connectivity index (χ3n) is 3.77. The molecular weight excluding hydrogens is 342 g/mol. The lowest BCUT2D eigenvalue weighted by atomic mass is 10.1. The predicted molar refractivity (Wildman–Crippen MR) is 100 cm³/mol. The lowest BCUT2D eigenvalue weighted by Crippen LogP contribution is -2.19. The molecule has 1 aliphatic heterocycles. The number of rotatable bonds is 5. The van der Waals surface area contributed by atoms with Gasteiger partial charge in [-0.1, -0.05) is 42.4 Å². The number of hydrogen-bond donors (Lipinski definition) is 0. The molecule has 0 aliphatic carbocycles. The van der Waals surface area contributed by atoms with Crippen LogP contribution in [0.2, 0.25) is 5.02 Å². The summed E-state index contributed by atoms with van der Waals surface area (Å²) in [7, 11) is 1.55. The molecule has 0 radical (unpaired) electrons. The summed E-state index contributed by atoms with van der Waals surface area (Å²) >= 11 is 7.66. The highest BCUT2D eigenvalue weighted by Gasteiger charge is 2.25. The minimum absolute atomic E-state index is 0.106. The summed E-state index contributed by atoms with van der Waals surface area (Å²) in [5, 5.41) is 1.45. The van der Waals surface area contributed by atoms with Crippen molar-refractivity contribution in [2.75, 3.05) is 18.6 Å². The van der Waals surface area contributed by atoms with Gasteiger partial charge in [0.2, 0.25) is 0 Å². The standard InChI is InChI=1S/C19H18ClNO2S/c1-3-10-21-15-6-4-5-7-18(15)24-19(21)12-16(22)14-11-13(20)8-9-17(14)23-2/h4-9,11-12H,3,10H2,1-2H3/b19-12-. The second kappa shape index (κ2) is 7.32.